The molecule has 132 valence electrons. The number of hydrogen-bond acceptors (Lipinski definition) is 6. The molecule has 25 heavy (non-hydrogen) atoms. The molecule has 2 rings (SSSR count). The molecule has 0 spiro atoms. The second-order valence-electron chi connectivity index (χ2n) is 4.99. The van der Waals surface area contributed by atoms with Crippen LogP contribution >= 0.6 is 23.4 Å². The first-order chi connectivity index (χ1) is 12.0. The average molecular weight is 382 g/mol. The van der Waals surface area contributed by atoms with Gasteiger partial charge >= 0.3 is 5.97 Å². The molecule has 9 heteroatoms. The second kappa shape index (κ2) is 9.24. The van der Waals surface area contributed by atoms with Crippen molar-refractivity contribution in [2.75, 3.05) is 12.9 Å². The van der Waals surface area contributed by atoms with E-state index in [2.05, 4.69) is 20.0 Å². The van der Waals surface area contributed by atoms with Gasteiger partial charge in [-0.2, -0.15) is 0 Å². The van der Waals surface area contributed by atoms with Crippen molar-refractivity contribution in [1.82, 2.24) is 15.3 Å². The average Bonchev–Trinajstić information content (AvgIpc) is 2.59. The van der Waals surface area contributed by atoms with E-state index in [1.165, 1.54) is 13.2 Å². The van der Waals surface area contributed by atoms with Crippen LogP contribution in [-0.4, -0.2) is 34.7 Å². The normalized spacial score (nSPS) is 10.3. The number of H-pyrrole nitrogens is 1. The van der Waals surface area contributed by atoms with Crippen LogP contribution in [0.4, 0.5) is 0 Å². The fourth-order valence-electron chi connectivity index (χ4n) is 1.85. The number of methoxy groups -OCH3 is 1. The number of rotatable bonds is 7. The predicted molar refractivity (Wildman–Crippen MR) is 94.6 cm³/mol. The van der Waals surface area contributed by atoms with Gasteiger partial charge in [0, 0.05) is 17.6 Å². The maximum absolute atomic E-state index is 11.9. The van der Waals surface area contributed by atoms with Gasteiger partial charge in [-0.1, -0.05) is 35.5 Å². The van der Waals surface area contributed by atoms with E-state index in [-0.39, 0.29) is 23.2 Å². The summed E-state index contributed by atoms with van der Waals surface area (Å²) in [7, 11) is 1.26. The van der Waals surface area contributed by atoms with Gasteiger partial charge < -0.3 is 15.0 Å². The molecule has 1 aromatic carbocycles. The summed E-state index contributed by atoms with van der Waals surface area (Å²) in [6, 6.07) is 8.37. The van der Waals surface area contributed by atoms with E-state index in [0.29, 0.717) is 17.3 Å². The number of amides is 1. The first-order valence-electron chi connectivity index (χ1n) is 7.27. The number of nitrogens with zero attached hydrogens (tertiary/aromatic N) is 1. The zero-order chi connectivity index (χ0) is 18.2. The Bertz CT molecular complexity index is 808. The molecule has 0 saturated heterocycles. The molecule has 0 bridgehead atoms. The first-order valence-corrected chi connectivity index (χ1v) is 8.63. The topological polar surface area (TPSA) is 101 Å². The monoisotopic (exact) mass is 381 g/mol. The Morgan fingerprint density at radius 3 is 2.72 bits per heavy atom. The third-order valence-electron chi connectivity index (χ3n) is 3.07. The van der Waals surface area contributed by atoms with Crippen molar-refractivity contribution >= 4 is 35.2 Å². The molecule has 0 radical (unpaired) electrons. The van der Waals surface area contributed by atoms with Gasteiger partial charge in [0.15, 0.2) is 5.16 Å². The van der Waals surface area contributed by atoms with Crippen molar-refractivity contribution in [1.29, 1.82) is 0 Å². The molecule has 1 heterocycles. The maximum atomic E-state index is 11.9. The van der Waals surface area contributed by atoms with Gasteiger partial charge in [0.25, 0.3) is 5.56 Å². The summed E-state index contributed by atoms with van der Waals surface area (Å²) in [5.41, 5.74) is 0.826. The summed E-state index contributed by atoms with van der Waals surface area (Å²) in [4.78, 5) is 41.4. The fourth-order valence-corrected chi connectivity index (χ4v) is 2.70. The standard InChI is InChI=1S/C16H16ClN3O4S/c1-24-15(23)7-12-6-13(21)20-16(19-12)25-9-14(22)18-8-10-2-4-11(17)5-3-10/h2-6H,7-9H2,1H3,(H,18,22)(H,19,20,21). The number of esters is 1. The lowest BCUT2D eigenvalue weighted by atomic mass is 10.2. The van der Waals surface area contributed by atoms with Crippen LogP contribution in [0.2, 0.25) is 5.02 Å². The SMILES string of the molecule is COC(=O)Cc1cc(=O)[nH]c(SCC(=O)NCc2ccc(Cl)cc2)n1. The van der Waals surface area contributed by atoms with Crippen LogP contribution in [-0.2, 0) is 27.3 Å². The van der Waals surface area contributed by atoms with Crippen LogP contribution in [0.3, 0.4) is 0 Å². The van der Waals surface area contributed by atoms with E-state index in [9.17, 15) is 14.4 Å². The molecule has 2 aromatic rings. The molecule has 0 fully saturated rings. The molecule has 0 saturated carbocycles. The van der Waals surface area contributed by atoms with Crippen LogP contribution in [0.15, 0.2) is 40.3 Å². The lowest BCUT2D eigenvalue weighted by Crippen LogP contribution is -2.25. The van der Waals surface area contributed by atoms with E-state index < -0.39 is 11.5 Å². The fraction of sp³-hybridized carbons (Fsp3) is 0.250. The summed E-state index contributed by atoms with van der Waals surface area (Å²) in [5.74, 6) is -0.617. The van der Waals surface area contributed by atoms with Gasteiger partial charge in [-0.3, -0.25) is 14.4 Å². The Hall–Kier alpha value is -2.32. The number of halogens is 1. The van der Waals surface area contributed by atoms with E-state index >= 15 is 0 Å². The highest BCUT2D eigenvalue weighted by atomic mass is 35.5. The Kier molecular flexibility index (Phi) is 7.03. The molecule has 7 nitrogen and oxygen atoms in total. The molecular formula is C16H16ClN3O4S. The number of aromatic nitrogens is 2. The zero-order valence-electron chi connectivity index (χ0n) is 13.4. The molecule has 0 aliphatic heterocycles. The van der Waals surface area contributed by atoms with Gasteiger partial charge in [-0.15, -0.1) is 0 Å². The Morgan fingerprint density at radius 1 is 1.32 bits per heavy atom. The molecule has 1 aromatic heterocycles. The van der Waals surface area contributed by atoms with Crippen molar-refractivity contribution in [3.8, 4) is 0 Å². The number of hydrogen-bond donors (Lipinski definition) is 2. The minimum atomic E-state index is -0.491. The van der Waals surface area contributed by atoms with Crippen LogP contribution in [0, 0.1) is 0 Å². The minimum absolute atomic E-state index is 0.0816. The largest absolute Gasteiger partial charge is 0.469 e. The zero-order valence-corrected chi connectivity index (χ0v) is 14.9. The Balaban J connectivity index is 1.87. The van der Waals surface area contributed by atoms with Crippen LogP contribution < -0.4 is 10.9 Å². The van der Waals surface area contributed by atoms with Crippen molar-refractivity contribution in [3.05, 3.63) is 57.0 Å². The quantitative estimate of drug-likeness (QED) is 0.428. The minimum Gasteiger partial charge on any atom is -0.469 e. The maximum Gasteiger partial charge on any atom is 0.311 e. The summed E-state index contributed by atoms with van der Waals surface area (Å²) < 4.78 is 4.54. The van der Waals surface area contributed by atoms with Crippen molar-refractivity contribution in [3.63, 3.8) is 0 Å². The molecular weight excluding hydrogens is 366 g/mol. The lowest BCUT2D eigenvalue weighted by molar-refractivity contribution is -0.139. The van der Waals surface area contributed by atoms with E-state index in [4.69, 9.17) is 11.6 Å². The van der Waals surface area contributed by atoms with E-state index in [1.54, 1.807) is 12.1 Å². The van der Waals surface area contributed by atoms with Crippen molar-refractivity contribution < 1.29 is 14.3 Å². The number of ether oxygens (including phenoxy) is 1. The summed E-state index contributed by atoms with van der Waals surface area (Å²) in [5, 5.41) is 3.67. The van der Waals surface area contributed by atoms with E-state index in [1.807, 2.05) is 12.1 Å². The summed E-state index contributed by atoms with van der Waals surface area (Å²) in [6.45, 7) is 0.378. The summed E-state index contributed by atoms with van der Waals surface area (Å²) >= 11 is 6.88. The van der Waals surface area contributed by atoms with Crippen molar-refractivity contribution in [2.24, 2.45) is 0 Å². The van der Waals surface area contributed by atoms with Crippen LogP contribution in [0.5, 0.6) is 0 Å². The third-order valence-corrected chi connectivity index (χ3v) is 4.19. The predicted octanol–water partition coefficient (Wildman–Crippen LogP) is 1.55. The summed E-state index contributed by atoms with van der Waals surface area (Å²) in [6.07, 6.45) is -0.100. The van der Waals surface area contributed by atoms with Gasteiger partial charge in [0.2, 0.25) is 5.91 Å². The highest BCUT2D eigenvalue weighted by Gasteiger charge is 2.09. The smallest absolute Gasteiger partial charge is 0.311 e. The number of nitrogens with one attached hydrogen (secondary N) is 2. The Morgan fingerprint density at radius 2 is 2.04 bits per heavy atom. The van der Waals surface area contributed by atoms with Gasteiger partial charge in [-0.25, -0.2) is 4.98 Å². The van der Waals surface area contributed by atoms with Gasteiger partial charge in [0.1, 0.15) is 0 Å². The number of aromatic amines is 1. The number of benzene rings is 1. The molecule has 0 unspecified atom stereocenters. The second-order valence-corrected chi connectivity index (χ2v) is 6.39. The highest BCUT2D eigenvalue weighted by Crippen LogP contribution is 2.12. The lowest BCUT2D eigenvalue weighted by Gasteiger charge is -2.06. The van der Waals surface area contributed by atoms with Gasteiger partial charge in [-0.05, 0) is 17.7 Å². The molecule has 0 aliphatic rings. The molecule has 0 atom stereocenters. The van der Waals surface area contributed by atoms with Crippen LogP contribution in [0.25, 0.3) is 0 Å². The van der Waals surface area contributed by atoms with Gasteiger partial charge in [0.05, 0.1) is 25.0 Å². The van der Waals surface area contributed by atoms with Crippen molar-refractivity contribution in [2.45, 2.75) is 18.1 Å². The highest BCUT2D eigenvalue weighted by molar-refractivity contribution is 7.99. The molecule has 2 N–H and O–H groups in total. The number of thioether (sulfide) groups is 1. The molecule has 0 aliphatic carbocycles. The Labute approximate surface area is 153 Å². The van der Waals surface area contributed by atoms with Crippen LogP contribution in [0.1, 0.15) is 11.3 Å². The third kappa shape index (κ3) is 6.60. The number of carbonyl (C=O) groups excluding carboxylic acids is 2. The molecule has 1 amide bonds. The number of carbonyl (C=O) groups is 2. The van der Waals surface area contributed by atoms with E-state index in [0.717, 1.165) is 17.3 Å². The first kappa shape index (κ1) is 19.0.